The van der Waals surface area contributed by atoms with Crippen molar-refractivity contribution in [3.05, 3.63) is 63.6 Å². The molecule has 2 rings (SSSR count). The lowest BCUT2D eigenvalue weighted by Crippen LogP contribution is -2.41. The Morgan fingerprint density at radius 1 is 1.11 bits per heavy atom. The molecule has 0 saturated carbocycles. The van der Waals surface area contributed by atoms with Crippen molar-refractivity contribution in [2.24, 2.45) is 0 Å². The first-order valence-corrected chi connectivity index (χ1v) is 12.3. The molecule has 0 aliphatic rings. The molecule has 28 heavy (non-hydrogen) atoms. The van der Waals surface area contributed by atoms with Crippen molar-refractivity contribution in [3.63, 3.8) is 0 Å². The van der Waals surface area contributed by atoms with E-state index in [2.05, 4.69) is 5.32 Å². The Morgan fingerprint density at radius 2 is 1.75 bits per heavy atom. The van der Waals surface area contributed by atoms with Gasteiger partial charge in [0.25, 0.3) is 0 Å². The zero-order valence-electron chi connectivity index (χ0n) is 15.6. The van der Waals surface area contributed by atoms with E-state index in [4.69, 9.17) is 23.2 Å². The molecule has 0 atom stereocenters. The zero-order chi connectivity index (χ0) is 20.7. The SMILES string of the molecule is Cc1ccccc1N(CC(=O)NCCSCc1c(Cl)cccc1Cl)S(C)(=O)=O. The Balaban J connectivity index is 1.86. The minimum Gasteiger partial charge on any atom is -0.354 e. The molecule has 0 aromatic heterocycles. The number of benzene rings is 2. The van der Waals surface area contributed by atoms with Crippen LogP contribution in [0.2, 0.25) is 10.0 Å². The number of amides is 1. The molecule has 1 amide bonds. The maximum Gasteiger partial charge on any atom is 0.240 e. The predicted molar refractivity (Wildman–Crippen MR) is 119 cm³/mol. The highest BCUT2D eigenvalue weighted by molar-refractivity contribution is 7.98. The van der Waals surface area contributed by atoms with E-state index in [9.17, 15) is 13.2 Å². The summed E-state index contributed by atoms with van der Waals surface area (Å²) in [6.07, 6.45) is 1.09. The normalized spacial score (nSPS) is 11.3. The average molecular weight is 461 g/mol. The van der Waals surface area contributed by atoms with Crippen molar-refractivity contribution in [1.29, 1.82) is 0 Å². The summed E-state index contributed by atoms with van der Waals surface area (Å²) in [4.78, 5) is 12.3. The molecule has 2 aromatic rings. The molecule has 0 heterocycles. The van der Waals surface area contributed by atoms with Gasteiger partial charge in [-0.15, -0.1) is 0 Å². The summed E-state index contributed by atoms with van der Waals surface area (Å²) in [5.41, 5.74) is 2.15. The lowest BCUT2D eigenvalue weighted by atomic mass is 10.2. The van der Waals surface area contributed by atoms with Gasteiger partial charge < -0.3 is 5.32 Å². The standard InChI is InChI=1S/C19H22Cl2N2O3S2/c1-14-6-3-4-9-18(14)23(28(2,25)26)12-19(24)22-10-11-27-13-15-16(20)7-5-8-17(15)21/h3-9H,10-13H2,1-2H3,(H,22,24). The molecule has 5 nitrogen and oxygen atoms in total. The molecule has 0 saturated heterocycles. The zero-order valence-corrected chi connectivity index (χ0v) is 18.8. The second-order valence-corrected chi connectivity index (χ2v) is 9.99. The number of nitrogens with one attached hydrogen (secondary N) is 1. The van der Waals surface area contributed by atoms with Crippen LogP contribution in [0.4, 0.5) is 5.69 Å². The van der Waals surface area contributed by atoms with Gasteiger partial charge in [-0.05, 0) is 36.2 Å². The lowest BCUT2D eigenvalue weighted by molar-refractivity contribution is -0.119. The number of carbonyl (C=O) groups excluding carboxylic acids is 1. The first kappa shape index (κ1) is 22.9. The summed E-state index contributed by atoms with van der Waals surface area (Å²) in [7, 11) is -3.58. The van der Waals surface area contributed by atoms with Crippen molar-refractivity contribution < 1.29 is 13.2 Å². The van der Waals surface area contributed by atoms with Gasteiger partial charge in [-0.2, -0.15) is 11.8 Å². The summed E-state index contributed by atoms with van der Waals surface area (Å²) < 4.78 is 25.4. The number of rotatable bonds is 9. The minimum absolute atomic E-state index is 0.259. The number of carbonyl (C=O) groups is 1. The van der Waals surface area contributed by atoms with Gasteiger partial charge in [0, 0.05) is 28.1 Å². The van der Waals surface area contributed by atoms with Crippen LogP contribution in [-0.2, 0) is 20.6 Å². The Labute approximate surface area is 180 Å². The van der Waals surface area contributed by atoms with E-state index in [1.165, 1.54) is 0 Å². The molecule has 1 N–H and O–H groups in total. The lowest BCUT2D eigenvalue weighted by Gasteiger charge is -2.23. The van der Waals surface area contributed by atoms with Crippen LogP contribution in [0.1, 0.15) is 11.1 Å². The van der Waals surface area contributed by atoms with Crippen LogP contribution in [-0.4, -0.2) is 39.4 Å². The molecule has 152 valence electrons. The predicted octanol–water partition coefficient (Wildman–Crippen LogP) is 4.12. The number of hydrogen-bond acceptors (Lipinski definition) is 4. The monoisotopic (exact) mass is 460 g/mol. The van der Waals surface area contributed by atoms with Crippen molar-refractivity contribution in [2.45, 2.75) is 12.7 Å². The number of nitrogens with zero attached hydrogens (tertiary/aromatic N) is 1. The van der Waals surface area contributed by atoms with Gasteiger partial charge >= 0.3 is 0 Å². The van der Waals surface area contributed by atoms with E-state index < -0.39 is 10.0 Å². The van der Waals surface area contributed by atoms with Crippen molar-refractivity contribution >= 4 is 56.6 Å². The fourth-order valence-electron chi connectivity index (χ4n) is 2.52. The van der Waals surface area contributed by atoms with Crippen molar-refractivity contribution in [1.82, 2.24) is 5.32 Å². The molecule has 2 aromatic carbocycles. The smallest absolute Gasteiger partial charge is 0.240 e. The van der Waals surface area contributed by atoms with Crippen LogP contribution in [0.3, 0.4) is 0 Å². The largest absolute Gasteiger partial charge is 0.354 e. The number of aryl methyl sites for hydroxylation is 1. The number of anilines is 1. The van der Waals surface area contributed by atoms with E-state index in [0.29, 0.717) is 33.8 Å². The molecule has 0 unspecified atom stereocenters. The molecule has 0 fully saturated rings. The fourth-order valence-corrected chi connectivity index (χ4v) is 5.03. The van der Waals surface area contributed by atoms with Crippen LogP contribution in [0.25, 0.3) is 0 Å². The fraction of sp³-hybridized carbons (Fsp3) is 0.316. The van der Waals surface area contributed by atoms with E-state index in [0.717, 1.165) is 21.7 Å². The quantitative estimate of drug-likeness (QED) is 0.571. The van der Waals surface area contributed by atoms with Gasteiger partial charge in [-0.25, -0.2) is 8.42 Å². The average Bonchev–Trinajstić information content (AvgIpc) is 2.61. The highest BCUT2D eigenvalue weighted by Gasteiger charge is 2.21. The van der Waals surface area contributed by atoms with E-state index >= 15 is 0 Å². The van der Waals surface area contributed by atoms with Crippen molar-refractivity contribution in [3.8, 4) is 0 Å². The number of thioether (sulfide) groups is 1. The van der Waals surface area contributed by atoms with Crippen LogP contribution in [0.15, 0.2) is 42.5 Å². The molecule has 0 bridgehead atoms. The second kappa shape index (κ2) is 10.4. The summed E-state index contributed by atoms with van der Waals surface area (Å²) in [6.45, 7) is 1.96. The Hall–Kier alpha value is -1.41. The third-order valence-electron chi connectivity index (χ3n) is 3.95. The Kier molecular flexibility index (Phi) is 8.49. The van der Waals surface area contributed by atoms with Crippen LogP contribution in [0, 0.1) is 6.92 Å². The second-order valence-electron chi connectivity index (χ2n) is 6.16. The van der Waals surface area contributed by atoms with E-state index in [-0.39, 0.29) is 12.5 Å². The summed E-state index contributed by atoms with van der Waals surface area (Å²) in [5, 5.41) is 3.99. The van der Waals surface area contributed by atoms with Gasteiger partial charge in [0.2, 0.25) is 15.9 Å². The molecular weight excluding hydrogens is 439 g/mol. The molecular formula is C19H22Cl2N2O3S2. The minimum atomic E-state index is -3.58. The molecule has 0 spiro atoms. The first-order valence-electron chi connectivity index (χ1n) is 8.51. The van der Waals surface area contributed by atoms with Crippen LogP contribution < -0.4 is 9.62 Å². The number of halogens is 2. The maximum absolute atomic E-state index is 12.3. The van der Waals surface area contributed by atoms with Gasteiger partial charge in [-0.1, -0.05) is 47.5 Å². The Morgan fingerprint density at radius 3 is 2.36 bits per heavy atom. The third kappa shape index (κ3) is 6.58. The van der Waals surface area contributed by atoms with E-state index in [1.807, 2.05) is 19.1 Å². The van der Waals surface area contributed by atoms with E-state index in [1.54, 1.807) is 42.1 Å². The van der Waals surface area contributed by atoms with Gasteiger partial charge in [0.1, 0.15) is 6.54 Å². The maximum atomic E-state index is 12.3. The summed E-state index contributed by atoms with van der Waals surface area (Å²) in [5.74, 6) is 0.925. The third-order valence-corrected chi connectivity index (χ3v) is 6.77. The number of sulfonamides is 1. The van der Waals surface area contributed by atoms with Crippen LogP contribution >= 0.6 is 35.0 Å². The topological polar surface area (TPSA) is 66.5 Å². The molecule has 0 radical (unpaired) electrons. The number of hydrogen-bond donors (Lipinski definition) is 1. The van der Waals surface area contributed by atoms with Crippen molar-refractivity contribution in [2.75, 3.05) is 29.4 Å². The summed E-state index contributed by atoms with van der Waals surface area (Å²) >= 11 is 13.9. The highest BCUT2D eigenvalue weighted by Crippen LogP contribution is 2.28. The molecule has 9 heteroatoms. The van der Waals surface area contributed by atoms with Gasteiger partial charge in [0.15, 0.2) is 0 Å². The number of para-hydroxylation sites is 1. The first-order chi connectivity index (χ1) is 13.2. The molecule has 0 aliphatic heterocycles. The Bertz CT molecular complexity index is 916. The summed E-state index contributed by atoms with van der Waals surface area (Å²) in [6, 6.07) is 12.4. The van der Waals surface area contributed by atoms with Gasteiger partial charge in [-0.3, -0.25) is 9.10 Å². The van der Waals surface area contributed by atoms with Gasteiger partial charge in [0.05, 0.1) is 11.9 Å². The molecule has 0 aliphatic carbocycles. The highest BCUT2D eigenvalue weighted by atomic mass is 35.5. The van der Waals surface area contributed by atoms with Crippen LogP contribution in [0.5, 0.6) is 0 Å².